The van der Waals surface area contributed by atoms with Crippen molar-refractivity contribution in [2.24, 2.45) is 0 Å². The van der Waals surface area contributed by atoms with Gasteiger partial charge in [0.25, 0.3) is 11.7 Å². The highest BCUT2D eigenvalue weighted by Gasteiger charge is 2.46. The SMILES string of the molecule is Cc1nc2c(C)cccn2c1/C(O)=C1\C(=O)C(=O)N(CCN(C)C)[C@@H]1c1ccccc1. The Balaban J connectivity index is 1.94. The van der Waals surface area contributed by atoms with Crippen LogP contribution in [0, 0.1) is 13.8 Å². The van der Waals surface area contributed by atoms with Gasteiger partial charge >= 0.3 is 0 Å². The molecule has 2 aromatic heterocycles. The molecule has 1 aliphatic heterocycles. The number of benzene rings is 1. The molecule has 1 saturated heterocycles. The van der Waals surface area contributed by atoms with E-state index in [1.54, 1.807) is 22.4 Å². The molecule has 1 atom stereocenters. The summed E-state index contributed by atoms with van der Waals surface area (Å²) in [4.78, 5) is 34.2. The standard InChI is InChI=1S/C24H26N4O3/c1-15-9-8-12-27-19(16(2)25-23(15)27)21(29)18-20(17-10-6-5-7-11-17)28(14-13-26(3)4)24(31)22(18)30/h5-12,20,29H,13-14H2,1-4H3/b21-18+/t20-/m1/s1. The zero-order valence-corrected chi connectivity index (χ0v) is 18.2. The van der Waals surface area contributed by atoms with E-state index < -0.39 is 17.7 Å². The van der Waals surface area contributed by atoms with Crippen molar-refractivity contribution in [2.45, 2.75) is 19.9 Å². The molecule has 4 rings (SSSR count). The second kappa shape index (κ2) is 8.00. The molecule has 0 bridgehead atoms. The highest BCUT2D eigenvalue weighted by Crippen LogP contribution is 2.39. The van der Waals surface area contributed by atoms with Gasteiger partial charge in [0.15, 0.2) is 5.76 Å². The molecule has 0 saturated carbocycles. The first-order valence-corrected chi connectivity index (χ1v) is 10.2. The molecule has 1 amide bonds. The fourth-order valence-electron chi connectivity index (χ4n) is 4.13. The minimum absolute atomic E-state index is 0.0985. The summed E-state index contributed by atoms with van der Waals surface area (Å²) in [7, 11) is 3.83. The van der Waals surface area contributed by atoms with Crippen molar-refractivity contribution < 1.29 is 14.7 Å². The zero-order valence-electron chi connectivity index (χ0n) is 18.2. The molecule has 0 aliphatic carbocycles. The maximum Gasteiger partial charge on any atom is 0.295 e. The number of ketones is 1. The lowest BCUT2D eigenvalue weighted by molar-refractivity contribution is -0.140. The van der Waals surface area contributed by atoms with Gasteiger partial charge in [0, 0.05) is 19.3 Å². The van der Waals surface area contributed by atoms with Crippen molar-refractivity contribution in [1.29, 1.82) is 0 Å². The van der Waals surface area contributed by atoms with Gasteiger partial charge in [-0.1, -0.05) is 36.4 Å². The third-order valence-electron chi connectivity index (χ3n) is 5.69. The van der Waals surface area contributed by atoms with E-state index in [0.717, 1.165) is 11.1 Å². The Morgan fingerprint density at radius 2 is 1.81 bits per heavy atom. The molecule has 3 aromatic rings. The second-order valence-corrected chi connectivity index (χ2v) is 8.14. The molecule has 0 radical (unpaired) electrons. The summed E-state index contributed by atoms with van der Waals surface area (Å²) < 4.78 is 1.77. The van der Waals surface area contributed by atoms with E-state index in [9.17, 15) is 14.7 Å². The lowest BCUT2D eigenvalue weighted by Gasteiger charge is -2.26. The summed E-state index contributed by atoms with van der Waals surface area (Å²) in [6, 6.07) is 12.5. The maximum absolute atomic E-state index is 13.1. The lowest BCUT2D eigenvalue weighted by atomic mass is 9.96. The molecule has 7 heteroatoms. The Labute approximate surface area is 181 Å². The molecule has 1 N–H and O–H groups in total. The number of aryl methyl sites for hydroxylation is 2. The minimum Gasteiger partial charge on any atom is -0.505 e. The first-order chi connectivity index (χ1) is 14.8. The van der Waals surface area contributed by atoms with E-state index in [-0.39, 0.29) is 11.3 Å². The molecule has 3 heterocycles. The Morgan fingerprint density at radius 3 is 2.48 bits per heavy atom. The van der Waals surface area contributed by atoms with E-state index in [1.165, 1.54) is 0 Å². The van der Waals surface area contributed by atoms with Crippen LogP contribution in [0.4, 0.5) is 0 Å². The predicted molar refractivity (Wildman–Crippen MR) is 119 cm³/mol. The van der Waals surface area contributed by atoms with Gasteiger partial charge in [0.05, 0.1) is 17.3 Å². The van der Waals surface area contributed by atoms with Gasteiger partial charge in [0.1, 0.15) is 11.3 Å². The van der Waals surface area contributed by atoms with Gasteiger partial charge in [0.2, 0.25) is 0 Å². The number of aliphatic hydroxyl groups excluding tert-OH is 1. The molecule has 1 aliphatic rings. The maximum atomic E-state index is 13.1. The van der Waals surface area contributed by atoms with Gasteiger partial charge in [-0.25, -0.2) is 4.98 Å². The van der Waals surface area contributed by atoms with Gasteiger partial charge in [-0.3, -0.25) is 14.0 Å². The van der Waals surface area contributed by atoms with Crippen molar-refractivity contribution >= 4 is 23.1 Å². The minimum atomic E-state index is -0.674. The molecule has 160 valence electrons. The van der Waals surface area contributed by atoms with Crippen LogP contribution in [-0.2, 0) is 9.59 Å². The van der Waals surface area contributed by atoms with Crippen LogP contribution in [0.15, 0.2) is 54.2 Å². The van der Waals surface area contributed by atoms with E-state index in [4.69, 9.17) is 0 Å². The van der Waals surface area contributed by atoms with E-state index in [2.05, 4.69) is 4.98 Å². The molecule has 0 unspecified atom stereocenters. The lowest BCUT2D eigenvalue weighted by Crippen LogP contribution is -2.35. The Hall–Kier alpha value is -3.45. The number of aromatic nitrogens is 2. The number of aliphatic hydroxyl groups is 1. The van der Waals surface area contributed by atoms with Crippen molar-refractivity contribution in [3.05, 3.63) is 76.7 Å². The Kier molecular flexibility index (Phi) is 5.37. The number of hydrogen-bond acceptors (Lipinski definition) is 5. The Morgan fingerprint density at radius 1 is 1.10 bits per heavy atom. The monoisotopic (exact) mass is 418 g/mol. The summed E-state index contributed by atoms with van der Waals surface area (Å²) in [6.07, 6.45) is 1.80. The highest BCUT2D eigenvalue weighted by atomic mass is 16.3. The van der Waals surface area contributed by atoms with Crippen molar-refractivity contribution in [1.82, 2.24) is 19.2 Å². The van der Waals surface area contributed by atoms with E-state index >= 15 is 0 Å². The molecule has 1 aromatic carbocycles. The van der Waals surface area contributed by atoms with E-state index in [1.807, 2.05) is 68.4 Å². The number of hydrogen-bond donors (Lipinski definition) is 1. The Bertz CT molecular complexity index is 1190. The second-order valence-electron chi connectivity index (χ2n) is 8.14. The van der Waals surface area contributed by atoms with Crippen molar-refractivity contribution in [3.8, 4) is 0 Å². The number of fused-ring (bicyclic) bond motifs is 1. The number of likely N-dealkylation sites (tertiary alicyclic amines) is 1. The van der Waals surface area contributed by atoms with Crippen LogP contribution in [-0.4, -0.2) is 63.2 Å². The zero-order chi connectivity index (χ0) is 22.3. The van der Waals surface area contributed by atoms with Crippen LogP contribution in [0.5, 0.6) is 0 Å². The number of pyridine rings is 1. The van der Waals surface area contributed by atoms with Gasteiger partial charge in [-0.05, 0) is 45.1 Å². The summed E-state index contributed by atoms with van der Waals surface area (Å²) in [5.41, 5.74) is 3.57. The van der Waals surface area contributed by atoms with Crippen LogP contribution >= 0.6 is 0 Å². The smallest absolute Gasteiger partial charge is 0.295 e. The number of amides is 1. The van der Waals surface area contributed by atoms with Crippen molar-refractivity contribution in [3.63, 3.8) is 0 Å². The first-order valence-electron chi connectivity index (χ1n) is 10.2. The number of likely N-dealkylation sites (N-methyl/N-ethyl adjacent to an activating group) is 1. The molecule has 0 spiro atoms. The number of rotatable bonds is 5. The molecular formula is C24H26N4O3. The van der Waals surface area contributed by atoms with Crippen LogP contribution < -0.4 is 0 Å². The molecular weight excluding hydrogens is 392 g/mol. The highest BCUT2D eigenvalue weighted by molar-refractivity contribution is 6.46. The van der Waals surface area contributed by atoms with Crippen LogP contribution in [0.2, 0.25) is 0 Å². The summed E-state index contributed by atoms with van der Waals surface area (Å²) in [6.45, 7) is 4.71. The average molecular weight is 418 g/mol. The van der Waals surface area contributed by atoms with Crippen LogP contribution in [0.1, 0.15) is 28.6 Å². The summed E-state index contributed by atoms with van der Waals surface area (Å²) in [5.74, 6) is -1.47. The molecule has 31 heavy (non-hydrogen) atoms. The molecule has 7 nitrogen and oxygen atoms in total. The number of imidazole rings is 1. The molecule has 1 fully saturated rings. The van der Waals surface area contributed by atoms with Crippen LogP contribution in [0.25, 0.3) is 11.4 Å². The normalized spacial score (nSPS) is 18.5. The van der Waals surface area contributed by atoms with E-state index in [0.29, 0.717) is 30.1 Å². The third kappa shape index (κ3) is 3.51. The summed E-state index contributed by atoms with van der Waals surface area (Å²) >= 11 is 0. The quantitative estimate of drug-likeness (QED) is 0.392. The number of carbonyl (C=O) groups is 2. The number of carbonyl (C=O) groups excluding carboxylic acids is 2. The van der Waals surface area contributed by atoms with Gasteiger partial charge < -0.3 is 14.9 Å². The summed E-state index contributed by atoms with van der Waals surface area (Å²) in [5, 5.41) is 11.4. The fraction of sp³-hybridized carbons (Fsp3) is 0.292. The van der Waals surface area contributed by atoms with Crippen molar-refractivity contribution in [2.75, 3.05) is 27.2 Å². The van der Waals surface area contributed by atoms with Gasteiger partial charge in [-0.15, -0.1) is 0 Å². The number of Topliss-reactive ketones (excluding diaryl/α,β-unsaturated/α-hetero) is 1. The third-order valence-corrected chi connectivity index (χ3v) is 5.69. The van der Waals surface area contributed by atoms with Crippen LogP contribution in [0.3, 0.4) is 0 Å². The average Bonchev–Trinajstić information content (AvgIpc) is 3.21. The number of nitrogens with zero attached hydrogens (tertiary/aromatic N) is 4. The topological polar surface area (TPSA) is 78.1 Å². The van der Waals surface area contributed by atoms with Gasteiger partial charge in [-0.2, -0.15) is 0 Å². The fourth-order valence-corrected chi connectivity index (χ4v) is 4.13. The largest absolute Gasteiger partial charge is 0.505 e. The first kappa shape index (κ1) is 20.8. The predicted octanol–water partition coefficient (Wildman–Crippen LogP) is 2.93.